The summed E-state index contributed by atoms with van der Waals surface area (Å²) in [6, 6.07) is 21.3. The number of anilines is 3. The molecule has 0 aliphatic rings. The average Bonchev–Trinajstić information content (AvgIpc) is 2.64. The molecule has 0 aliphatic heterocycles. The lowest BCUT2D eigenvalue weighted by Crippen LogP contribution is -2.18. The Morgan fingerprint density at radius 3 is 2.48 bits per heavy atom. The topological polar surface area (TPSA) is 45.2 Å². The van der Waals surface area contributed by atoms with Crippen LogP contribution in [0.5, 0.6) is 0 Å². The molecule has 0 unspecified atom stereocenters. The van der Waals surface area contributed by atoms with Gasteiger partial charge in [0.15, 0.2) is 0 Å². The van der Waals surface area contributed by atoms with E-state index in [2.05, 4.69) is 47.2 Å². The minimum atomic E-state index is -0.138. The van der Waals surface area contributed by atoms with Crippen LogP contribution in [0.3, 0.4) is 0 Å². The highest BCUT2D eigenvalue weighted by Crippen LogP contribution is 2.25. The van der Waals surface area contributed by atoms with Gasteiger partial charge < -0.3 is 10.2 Å². The smallest absolute Gasteiger partial charge is 0.255 e. The molecule has 126 valence electrons. The maximum atomic E-state index is 12.2. The SMILES string of the molecule is CCN(c1cccc(C)c1)c1ccc(NC(=O)c2ccccc2)cn1. The summed E-state index contributed by atoms with van der Waals surface area (Å²) in [6.07, 6.45) is 1.69. The highest BCUT2D eigenvalue weighted by atomic mass is 16.1. The van der Waals surface area contributed by atoms with Crippen LogP contribution in [0.4, 0.5) is 17.2 Å². The second-order valence-corrected chi connectivity index (χ2v) is 5.81. The number of hydrogen-bond acceptors (Lipinski definition) is 3. The maximum absolute atomic E-state index is 12.2. The first-order valence-electron chi connectivity index (χ1n) is 8.34. The van der Waals surface area contributed by atoms with Gasteiger partial charge in [-0.05, 0) is 55.8 Å². The Morgan fingerprint density at radius 1 is 1.04 bits per heavy atom. The third-order valence-corrected chi connectivity index (χ3v) is 3.95. The van der Waals surface area contributed by atoms with Crippen LogP contribution in [-0.4, -0.2) is 17.4 Å². The van der Waals surface area contributed by atoms with Crippen molar-refractivity contribution < 1.29 is 4.79 Å². The number of hydrogen-bond donors (Lipinski definition) is 1. The number of aromatic nitrogens is 1. The fourth-order valence-electron chi connectivity index (χ4n) is 2.69. The summed E-state index contributed by atoms with van der Waals surface area (Å²) in [5.74, 6) is 0.715. The van der Waals surface area contributed by atoms with Gasteiger partial charge in [-0.1, -0.05) is 30.3 Å². The van der Waals surface area contributed by atoms with E-state index < -0.39 is 0 Å². The molecule has 0 fully saturated rings. The zero-order valence-electron chi connectivity index (χ0n) is 14.4. The first-order valence-corrected chi connectivity index (χ1v) is 8.34. The van der Waals surface area contributed by atoms with E-state index in [1.807, 2.05) is 36.4 Å². The van der Waals surface area contributed by atoms with Crippen LogP contribution < -0.4 is 10.2 Å². The van der Waals surface area contributed by atoms with Crippen molar-refractivity contribution in [1.82, 2.24) is 4.98 Å². The molecule has 3 rings (SSSR count). The lowest BCUT2D eigenvalue weighted by atomic mass is 10.2. The number of pyridine rings is 1. The van der Waals surface area contributed by atoms with Gasteiger partial charge in [-0.25, -0.2) is 4.98 Å². The van der Waals surface area contributed by atoms with E-state index in [1.54, 1.807) is 18.3 Å². The van der Waals surface area contributed by atoms with Crippen molar-refractivity contribution in [3.05, 3.63) is 84.1 Å². The van der Waals surface area contributed by atoms with Crippen LogP contribution in [0.2, 0.25) is 0 Å². The number of nitrogens with one attached hydrogen (secondary N) is 1. The van der Waals surface area contributed by atoms with Crippen molar-refractivity contribution in [2.45, 2.75) is 13.8 Å². The summed E-state index contributed by atoms with van der Waals surface area (Å²) in [6.45, 7) is 4.98. The van der Waals surface area contributed by atoms with Gasteiger partial charge in [0.25, 0.3) is 5.91 Å². The minimum absolute atomic E-state index is 0.138. The van der Waals surface area contributed by atoms with E-state index in [0.29, 0.717) is 11.3 Å². The van der Waals surface area contributed by atoms with E-state index in [9.17, 15) is 4.79 Å². The predicted molar refractivity (Wildman–Crippen MR) is 102 cm³/mol. The number of carbonyl (C=O) groups is 1. The van der Waals surface area contributed by atoms with Crippen LogP contribution >= 0.6 is 0 Å². The Hall–Kier alpha value is -3.14. The zero-order chi connectivity index (χ0) is 17.6. The molecule has 0 spiro atoms. The molecular formula is C21H21N3O. The van der Waals surface area contributed by atoms with E-state index in [4.69, 9.17) is 0 Å². The largest absolute Gasteiger partial charge is 0.327 e. The molecule has 3 aromatic rings. The Kier molecular flexibility index (Phi) is 5.09. The number of carbonyl (C=O) groups excluding carboxylic acids is 1. The Labute approximate surface area is 148 Å². The summed E-state index contributed by atoms with van der Waals surface area (Å²) >= 11 is 0. The highest BCUT2D eigenvalue weighted by molar-refractivity contribution is 6.04. The summed E-state index contributed by atoms with van der Waals surface area (Å²) in [4.78, 5) is 18.8. The molecule has 4 heteroatoms. The first kappa shape index (κ1) is 16.7. The lowest BCUT2D eigenvalue weighted by molar-refractivity contribution is 0.102. The standard InChI is InChI=1S/C21H21N3O/c1-3-24(19-11-7-8-16(2)14-19)20-13-12-18(15-22-20)23-21(25)17-9-5-4-6-10-17/h4-15H,3H2,1-2H3,(H,23,25). The maximum Gasteiger partial charge on any atom is 0.255 e. The van der Waals surface area contributed by atoms with Crippen LogP contribution in [0.25, 0.3) is 0 Å². The number of amides is 1. The Morgan fingerprint density at radius 2 is 1.84 bits per heavy atom. The monoisotopic (exact) mass is 331 g/mol. The second-order valence-electron chi connectivity index (χ2n) is 5.81. The molecule has 0 saturated heterocycles. The molecule has 0 bridgehead atoms. The fourth-order valence-corrected chi connectivity index (χ4v) is 2.69. The van der Waals surface area contributed by atoms with Gasteiger partial charge in [0.1, 0.15) is 5.82 Å². The molecule has 1 aromatic heterocycles. The Bertz CT molecular complexity index is 845. The minimum Gasteiger partial charge on any atom is -0.327 e. The summed E-state index contributed by atoms with van der Waals surface area (Å²) in [5, 5.41) is 2.87. The fraction of sp³-hybridized carbons (Fsp3) is 0.143. The van der Waals surface area contributed by atoms with Crippen molar-refractivity contribution in [3.63, 3.8) is 0 Å². The summed E-state index contributed by atoms with van der Waals surface area (Å²) < 4.78 is 0. The summed E-state index contributed by atoms with van der Waals surface area (Å²) in [5.41, 5.74) is 3.62. The molecule has 0 radical (unpaired) electrons. The molecule has 1 amide bonds. The third kappa shape index (κ3) is 4.04. The van der Waals surface area contributed by atoms with E-state index in [-0.39, 0.29) is 5.91 Å². The normalized spacial score (nSPS) is 10.3. The highest BCUT2D eigenvalue weighted by Gasteiger charge is 2.10. The van der Waals surface area contributed by atoms with Gasteiger partial charge in [0.05, 0.1) is 11.9 Å². The van der Waals surface area contributed by atoms with Crippen LogP contribution in [-0.2, 0) is 0 Å². The van der Waals surface area contributed by atoms with Crippen LogP contribution in [0.1, 0.15) is 22.8 Å². The number of aryl methyl sites for hydroxylation is 1. The van der Waals surface area contributed by atoms with E-state index >= 15 is 0 Å². The second kappa shape index (κ2) is 7.62. The molecule has 0 atom stereocenters. The van der Waals surface area contributed by atoms with Crippen molar-refractivity contribution in [3.8, 4) is 0 Å². The third-order valence-electron chi connectivity index (χ3n) is 3.95. The van der Waals surface area contributed by atoms with Crippen molar-refractivity contribution in [1.29, 1.82) is 0 Å². The van der Waals surface area contributed by atoms with Gasteiger partial charge >= 0.3 is 0 Å². The molecular weight excluding hydrogens is 310 g/mol. The predicted octanol–water partition coefficient (Wildman–Crippen LogP) is 4.80. The molecule has 1 heterocycles. The lowest BCUT2D eigenvalue weighted by Gasteiger charge is -2.22. The van der Waals surface area contributed by atoms with Crippen molar-refractivity contribution in [2.75, 3.05) is 16.8 Å². The van der Waals surface area contributed by atoms with Gasteiger partial charge in [-0.2, -0.15) is 0 Å². The first-order chi connectivity index (χ1) is 12.2. The number of nitrogens with zero attached hydrogens (tertiary/aromatic N) is 2. The van der Waals surface area contributed by atoms with Gasteiger partial charge in [-0.3, -0.25) is 4.79 Å². The van der Waals surface area contributed by atoms with E-state index in [1.165, 1.54) is 5.56 Å². The van der Waals surface area contributed by atoms with Crippen LogP contribution in [0, 0.1) is 6.92 Å². The average molecular weight is 331 g/mol. The molecule has 0 aliphatic carbocycles. The molecule has 2 aromatic carbocycles. The number of benzene rings is 2. The van der Waals surface area contributed by atoms with Gasteiger partial charge in [0, 0.05) is 17.8 Å². The number of rotatable bonds is 5. The molecule has 4 nitrogen and oxygen atoms in total. The van der Waals surface area contributed by atoms with Crippen molar-refractivity contribution in [2.24, 2.45) is 0 Å². The van der Waals surface area contributed by atoms with Gasteiger partial charge in [0.2, 0.25) is 0 Å². The quantitative estimate of drug-likeness (QED) is 0.730. The van der Waals surface area contributed by atoms with Crippen LogP contribution in [0.15, 0.2) is 72.9 Å². The summed E-state index contributed by atoms with van der Waals surface area (Å²) in [7, 11) is 0. The molecule has 25 heavy (non-hydrogen) atoms. The van der Waals surface area contributed by atoms with E-state index in [0.717, 1.165) is 18.1 Å². The van der Waals surface area contributed by atoms with Gasteiger partial charge in [-0.15, -0.1) is 0 Å². The molecule has 0 saturated carbocycles. The zero-order valence-corrected chi connectivity index (χ0v) is 14.4. The Balaban J connectivity index is 1.76. The molecule has 1 N–H and O–H groups in total. The van der Waals surface area contributed by atoms with Crippen molar-refractivity contribution >= 4 is 23.1 Å².